The van der Waals surface area contributed by atoms with Gasteiger partial charge in [0, 0.05) is 33.2 Å². The molecule has 126 valence electrons. The summed E-state index contributed by atoms with van der Waals surface area (Å²) in [6.45, 7) is 3.54. The Morgan fingerprint density at radius 3 is 2.50 bits per heavy atom. The van der Waals surface area contributed by atoms with Gasteiger partial charge in [0.2, 0.25) is 10.0 Å². The van der Waals surface area contributed by atoms with E-state index in [9.17, 15) is 8.42 Å². The lowest BCUT2D eigenvalue weighted by Gasteiger charge is -2.34. The van der Waals surface area contributed by atoms with Crippen LogP contribution in [-0.4, -0.2) is 53.7 Å². The first-order chi connectivity index (χ1) is 11.4. The molecule has 2 aromatic rings. The SMILES string of the molecule is Cc1c(S(=O)(=O)N2CCN(c3cccc(C#N)n3)CC2)cnn1C. The van der Waals surface area contributed by atoms with Crippen molar-refractivity contribution in [1.29, 1.82) is 5.26 Å². The molecule has 3 heterocycles. The van der Waals surface area contributed by atoms with E-state index in [1.54, 1.807) is 30.8 Å². The predicted molar refractivity (Wildman–Crippen MR) is 87.9 cm³/mol. The molecule has 0 unspecified atom stereocenters. The molecule has 0 radical (unpaired) electrons. The normalized spacial score (nSPS) is 16.1. The molecule has 0 spiro atoms. The summed E-state index contributed by atoms with van der Waals surface area (Å²) in [5.74, 6) is 0.698. The van der Waals surface area contributed by atoms with Crippen LogP contribution in [0, 0.1) is 18.3 Å². The van der Waals surface area contributed by atoms with Crippen LogP contribution in [-0.2, 0) is 17.1 Å². The minimum Gasteiger partial charge on any atom is -0.354 e. The van der Waals surface area contributed by atoms with Crippen molar-refractivity contribution in [3.05, 3.63) is 35.8 Å². The lowest BCUT2D eigenvalue weighted by Crippen LogP contribution is -2.49. The number of hydrogen-bond donors (Lipinski definition) is 0. The van der Waals surface area contributed by atoms with E-state index in [0.717, 1.165) is 0 Å². The van der Waals surface area contributed by atoms with E-state index in [1.165, 1.54) is 10.5 Å². The minimum atomic E-state index is -3.54. The third-order valence-electron chi connectivity index (χ3n) is 4.22. The zero-order valence-corrected chi connectivity index (χ0v) is 14.4. The highest BCUT2D eigenvalue weighted by Gasteiger charge is 2.31. The Balaban J connectivity index is 1.75. The van der Waals surface area contributed by atoms with Crippen molar-refractivity contribution in [2.75, 3.05) is 31.1 Å². The van der Waals surface area contributed by atoms with Crippen molar-refractivity contribution < 1.29 is 8.42 Å². The van der Waals surface area contributed by atoms with E-state index in [1.807, 2.05) is 17.0 Å². The molecule has 0 N–H and O–H groups in total. The molecule has 1 aliphatic rings. The van der Waals surface area contributed by atoms with E-state index >= 15 is 0 Å². The standard InChI is InChI=1S/C15H18N6O2S/c1-12-14(11-17-19(12)2)24(22,23)21-8-6-20(7-9-21)15-5-3-4-13(10-16)18-15/h3-5,11H,6-9H2,1-2H3. The Kier molecular flexibility index (Phi) is 4.26. The van der Waals surface area contributed by atoms with Gasteiger partial charge in [-0.15, -0.1) is 0 Å². The van der Waals surface area contributed by atoms with Crippen molar-refractivity contribution in [1.82, 2.24) is 19.1 Å². The van der Waals surface area contributed by atoms with E-state index in [-0.39, 0.29) is 4.90 Å². The number of piperazine rings is 1. The monoisotopic (exact) mass is 346 g/mol. The van der Waals surface area contributed by atoms with Crippen LogP contribution in [0.15, 0.2) is 29.3 Å². The number of sulfonamides is 1. The maximum absolute atomic E-state index is 12.8. The highest BCUT2D eigenvalue weighted by Crippen LogP contribution is 2.22. The summed E-state index contributed by atoms with van der Waals surface area (Å²) in [6, 6.07) is 7.27. The molecule has 1 fully saturated rings. The van der Waals surface area contributed by atoms with Gasteiger partial charge in [-0.3, -0.25) is 4.68 Å². The summed E-state index contributed by atoms with van der Waals surface area (Å²) in [4.78, 5) is 6.50. The second-order valence-corrected chi connectivity index (χ2v) is 7.51. The summed E-state index contributed by atoms with van der Waals surface area (Å²) in [5, 5.41) is 13.0. The first-order valence-electron chi connectivity index (χ1n) is 7.54. The fraction of sp³-hybridized carbons (Fsp3) is 0.400. The van der Waals surface area contributed by atoms with E-state index in [0.29, 0.717) is 43.4 Å². The number of rotatable bonds is 3. The van der Waals surface area contributed by atoms with Crippen LogP contribution in [0.1, 0.15) is 11.4 Å². The Labute approximate surface area is 141 Å². The molecule has 0 amide bonds. The molecule has 1 saturated heterocycles. The van der Waals surface area contributed by atoms with Crippen molar-refractivity contribution in [2.24, 2.45) is 7.05 Å². The van der Waals surface area contributed by atoms with Gasteiger partial charge in [-0.2, -0.15) is 14.7 Å². The highest BCUT2D eigenvalue weighted by molar-refractivity contribution is 7.89. The number of nitrogens with zero attached hydrogens (tertiary/aromatic N) is 6. The molecule has 24 heavy (non-hydrogen) atoms. The zero-order chi connectivity index (χ0) is 17.3. The smallest absolute Gasteiger partial charge is 0.246 e. The third-order valence-corrected chi connectivity index (χ3v) is 6.22. The Hall–Kier alpha value is -2.44. The van der Waals surface area contributed by atoms with Gasteiger partial charge in [0.1, 0.15) is 22.5 Å². The average molecular weight is 346 g/mol. The number of hydrogen-bond acceptors (Lipinski definition) is 6. The number of anilines is 1. The first kappa shape index (κ1) is 16.4. The summed E-state index contributed by atoms with van der Waals surface area (Å²) >= 11 is 0. The molecular weight excluding hydrogens is 328 g/mol. The summed E-state index contributed by atoms with van der Waals surface area (Å²) in [6.07, 6.45) is 1.40. The molecule has 8 nitrogen and oxygen atoms in total. The lowest BCUT2D eigenvalue weighted by molar-refractivity contribution is 0.383. The highest BCUT2D eigenvalue weighted by atomic mass is 32.2. The van der Waals surface area contributed by atoms with Gasteiger partial charge < -0.3 is 4.90 Å². The van der Waals surface area contributed by atoms with E-state index < -0.39 is 10.0 Å². The van der Waals surface area contributed by atoms with Crippen molar-refractivity contribution in [3.8, 4) is 6.07 Å². The van der Waals surface area contributed by atoms with Gasteiger partial charge in [-0.05, 0) is 19.1 Å². The Morgan fingerprint density at radius 2 is 1.92 bits per heavy atom. The first-order valence-corrected chi connectivity index (χ1v) is 8.98. The second kappa shape index (κ2) is 6.22. The molecule has 0 saturated carbocycles. The quantitative estimate of drug-likeness (QED) is 0.803. The van der Waals surface area contributed by atoms with Gasteiger partial charge in [-0.1, -0.05) is 6.07 Å². The van der Waals surface area contributed by atoms with Crippen molar-refractivity contribution in [3.63, 3.8) is 0 Å². The van der Waals surface area contributed by atoms with E-state index in [4.69, 9.17) is 5.26 Å². The number of aryl methyl sites for hydroxylation is 1. The fourth-order valence-corrected chi connectivity index (χ4v) is 4.30. The molecule has 0 bridgehead atoms. The van der Waals surface area contributed by atoms with Crippen LogP contribution in [0.2, 0.25) is 0 Å². The predicted octanol–water partition coefficient (Wildman–Crippen LogP) is 0.506. The second-order valence-electron chi connectivity index (χ2n) is 5.60. The maximum Gasteiger partial charge on any atom is 0.246 e. The van der Waals surface area contributed by atoms with E-state index in [2.05, 4.69) is 10.1 Å². The maximum atomic E-state index is 12.8. The minimum absolute atomic E-state index is 0.253. The van der Waals surface area contributed by atoms with Crippen LogP contribution < -0.4 is 4.90 Å². The molecule has 3 rings (SSSR count). The number of pyridine rings is 1. The molecule has 0 atom stereocenters. The van der Waals surface area contributed by atoms with Crippen LogP contribution in [0.25, 0.3) is 0 Å². The molecule has 0 aromatic carbocycles. The number of aromatic nitrogens is 3. The zero-order valence-electron chi connectivity index (χ0n) is 13.5. The molecule has 0 aliphatic carbocycles. The summed E-state index contributed by atoms with van der Waals surface area (Å²) < 4.78 is 28.6. The van der Waals surface area contributed by atoms with Gasteiger partial charge in [0.25, 0.3) is 0 Å². The third kappa shape index (κ3) is 2.86. The Bertz CT molecular complexity index is 891. The van der Waals surface area contributed by atoms with Gasteiger partial charge >= 0.3 is 0 Å². The molecule has 2 aromatic heterocycles. The van der Waals surface area contributed by atoms with Gasteiger partial charge in [0.15, 0.2) is 0 Å². The average Bonchev–Trinajstić information content (AvgIpc) is 2.95. The van der Waals surface area contributed by atoms with Crippen LogP contribution >= 0.6 is 0 Å². The molecular formula is C15H18N6O2S. The van der Waals surface area contributed by atoms with Crippen molar-refractivity contribution >= 4 is 15.8 Å². The molecule has 1 aliphatic heterocycles. The largest absolute Gasteiger partial charge is 0.354 e. The topological polar surface area (TPSA) is 95.1 Å². The van der Waals surface area contributed by atoms with Crippen LogP contribution in [0.5, 0.6) is 0 Å². The summed E-state index contributed by atoms with van der Waals surface area (Å²) in [7, 11) is -1.82. The van der Waals surface area contributed by atoms with Gasteiger partial charge in [-0.25, -0.2) is 13.4 Å². The Morgan fingerprint density at radius 1 is 1.21 bits per heavy atom. The molecule has 9 heteroatoms. The van der Waals surface area contributed by atoms with Crippen LogP contribution in [0.4, 0.5) is 5.82 Å². The number of nitriles is 1. The van der Waals surface area contributed by atoms with Crippen LogP contribution in [0.3, 0.4) is 0 Å². The van der Waals surface area contributed by atoms with Gasteiger partial charge in [0.05, 0.1) is 11.9 Å². The fourth-order valence-electron chi connectivity index (χ4n) is 2.69. The van der Waals surface area contributed by atoms with Crippen molar-refractivity contribution in [2.45, 2.75) is 11.8 Å². The summed E-state index contributed by atoms with van der Waals surface area (Å²) in [5.41, 5.74) is 0.981. The lowest BCUT2D eigenvalue weighted by atomic mass is 10.3.